The van der Waals surface area contributed by atoms with Gasteiger partial charge in [-0.2, -0.15) is 0 Å². The third kappa shape index (κ3) is 9.36. The topological polar surface area (TPSA) is 127 Å². The summed E-state index contributed by atoms with van der Waals surface area (Å²) in [6, 6.07) is 8.53. The highest BCUT2D eigenvalue weighted by Crippen LogP contribution is 2.30. The van der Waals surface area contributed by atoms with Crippen molar-refractivity contribution in [2.75, 3.05) is 27.8 Å². The largest absolute Gasteiger partial charge is 0.379 e. The molecule has 10 nitrogen and oxygen atoms in total. The molecule has 3 amide bonds. The molecular formula is C35H55N5O5S. The number of hydrogen-bond donors (Lipinski definition) is 2. The maximum absolute atomic E-state index is 14.0. The van der Waals surface area contributed by atoms with Gasteiger partial charge in [0, 0.05) is 39.4 Å². The monoisotopic (exact) mass is 657 g/mol. The summed E-state index contributed by atoms with van der Waals surface area (Å²) in [4.78, 5) is 49.0. The number of ether oxygens (including phenoxy) is 2. The Labute approximate surface area is 279 Å². The van der Waals surface area contributed by atoms with Gasteiger partial charge in [0.05, 0.1) is 48.7 Å². The number of hydrogen-bond acceptors (Lipinski definition) is 8. The quantitative estimate of drug-likeness (QED) is 0.258. The van der Waals surface area contributed by atoms with Crippen molar-refractivity contribution in [3.8, 4) is 0 Å². The summed E-state index contributed by atoms with van der Waals surface area (Å²) < 4.78 is 11.9. The third-order valence-electron chi connectivity index (χ3n) is 9.61. The summed E-state index contributed by atoms with van der Waals surface area (Å²) in [6.45, 7) is 10.4. The second kappa shape index (κ2) is 17.9. The van der Waals surface area contributed by atoms with E-state index in [0.29, 0.717) is 13.0 Å². The molecule has 3 N–H and O–H groups in total. The van der Waals surface area contributed by atoms with Crippen LogP contribution in [0.3, 0.4) is 0 Å². The Morgan fingerprint density at radius 1 is 1.13 bits per heavy atom. The molecule has 256 valence electrons. The predicted molar refractivity (Wildman–Crippen MR) is 182 cm³/mol. The van der Waals surface area contributed by atoms with Crippen LogP contribution < -0.4 is 11.1 Å². The highest BCUT2D eigenvalue weighted by molar-refractivity contribution is 7.09. The molecule has 0 saturated carbocycles. The summed E-state index contributed by atoms with van der Waals surface area (Å²) in [5, 5.41) is 5.98. The number of benzene rings is 1. The highest BCUT2D eigenvalue weighted by Gasteiger charge is 2.42. The number of nitrogens with one attached hydrogen (secondary N) is 1. The molecule has 2 heterocycles. The molecule has 2 aromatic rings. The second-order valence-corrected chi connectivity index (χ2v) is 13.9. The van der Waals surface area contributed by atoms with Gasteiger partial charge in [-0.25, -0.2) is 4.98 Å². The Morgan fingerprint density at radius 2 is 1.83 bits per heavy atom. The molecule has 0 spiro atoms. The molecule has 11 heteroatoms. The maximum Gasteiger partial charge on any atom is 0.239 e. The lowest BCUT2D eigenvalue weighted by Crippen LogP contribution is -2.56. The number of likely N-dealkylation sites (tertiary alicyclic amines) is 1. The average molecular weight is 658 g/mol. The molecular weight excluding hydrogens is 602 g/mol. The number of amides is 3. The van der Waals surface area contributed by atoms with Crippen LogP contribution in [0, 0.1) is 17.8 Å². The van der Waals surface area contributed by atoms with E-state index < -0.39 is 24.2 Å². The first kappa shape index (κ1) is 37.6. The van der Waals surface area contributed by atoms with Gasteiger partial charge in [-0.15, -0.1) is 11.3 Å². The highest BCUT2D eigenvalue weighted by atomic mass is 32.1. The Bertz CT molecular complexity index is 1230. The number of methoxy groups -OCH3 is 2. The van der Waals surface area contributed by atoms with Gasteiger partial charge in [0.25, 0.3) is 0 Å². The molecule has 1 fully saturated rings. The van der Waals surface area contributed by atoms with Crippen molar-refractivity contribution in [1.29, 1.82) is 0 Å². The van der Waals surface area contributed by atoms with Crippen LogP contribution in [0.15, 0.2) is 41.9 Å². The number of carbonyl (C=O) groups is 3. The van der Waals surface area contributed by atoms with E-state index in [1.165, 1.54) is 11.3 Å². The first-order valence-electron chi connectivity index (χ1n) is 16.6. The van der Waals surface area contributed by atoms with E-state index in [4.69, 9.17) is 15.2 Å². The Balaban J connectivity index is 1.75. The van der Waals surface area contributed by atoms with Gasteiger partial charge in [0.15, 0.2) is 0 Å². The van der Waals surface area contributed by atoms with Gasteiger partial charge in [-0.3, -0.25) is 14.4 Å². The number of carbonyl (C=O) groups excluding carboxylic acids is 3. The zero-order valence-corrected chi connectivity index (χ0v) is 29.7. The molecule has 0 aliphatic carbocycles. The molecule has 1 aliphatic rings. The molecule has 1 aromatic carbocycles. The Hall–Kier alpha value is -2.86. The normalized spacial score (nSPS) is 19.6. The summed E-state index contributed by atoms with van der Waals surface area (Å²) in [7, 11) is 4.95. The van der Waals surface area contributed by atoms with Gasteiger partial charge in [0.2, 0.25) is 17.7 Å². The number of aromatic nitrogens is 1. The van der Waals surface area contributed by atoms with Crippen LogP contribution in [-0.2, 0) is 30.3 Å². The fourth-order valence-electron chi connectivity index (χ4n) is 6.59. The van der Waals surface area contributed by atoms with E-state index in [1.807, 2.05) is 61.4 Å². The number of thiazole rings is 1. The van der Waals surface area contributed by atoms with Crippen LogP contribution >= 0.6 is 11.3 Å². The third-order valence-corrected chi connectivity index (χ3v) is 10.5. The lowest BCUT2D eigenvalue weighted by molar-refractivity contribution is -0.146. The molecule has 1 aliphatic heterocycles. The van der Waals surface area contributed by atoms with Gasteiger partial charge in [-0.05, 0) is 36.7 Å². The minimum atomic E-state index is -0.634. The van der Waals surface area contributed by atoms with E-state index >= 15 is 0 Å². The molecule has 1 aromatic heterocycles. The smallest absolute Gasteiger partial charge is 0.239 e. The van der Waals surface area contributed by atoms with Crippen molar-refractivity contribution in [3.05, 3.63) is 52.5 Å². The van der Waals surface area contributed by atoms with E-state index in [1.54, 1.807) is 32.4 Å². The number of rotatable bonds is 17. The Kier molecular flexibility index (Phi) is 14.6. The van der Waals surface area contributed by atoms with Crippen LogP contribution in [0.25, 0.3) is 0 Å². The fraction of sp³-hybridized carbons (Fsp3) is 0.657. The Morgan fingerprint density at radius 3 is 2.39 bits per heavy atom. The SMILES string of the molecule is CC[C@H](C)C([C@@H](CC(=O)N1CCC[C@H]1C(OC)C(C)C(=O)NC(Cc1ccccc1)c1nccs1)OC)N(C)C(=O)[C@@H](N)C(C)C. The molecule has 0 radical (unpaired) electrons. The lowest BCUT2D eigenvalue weighted by atomic mass is 9.89. The first-order chi connectivity index (χ1) is 21.9. The van der Waals surface area contributed by atoms with E-state index in [2.05, 4.69) is 24.1 Å². The van der Waals surface area contributed by atoms with Gasteiger partial charge < -0.3 is 30.3 Å². The number of likely N-dealkylation sites (N-methyl/N-ethyl adjacent to an activating group) is 1. The summed E-state index contributed by atoms with van der Waals surface area (Å²) >= 11 is 1.51. The van der Waals surface area contributed by atoms with Gasteiger partial charge in [-0.1, -0.05) is 71.4 Å². The van der Waals surface area contributed by atoms with Gasteiger partial charge in [0.1, 0.15) is 5.01 Å². The fourth-order valence-corrected chi connectivity index (χ4v) is 7.28. The molecule has 4 unspecified atom stereocenters. The predicted octanol–water partition coefficient (Wildman–Crippen LogP) is 4.45. The van der Waals surface area contributed by atoms with Crippen molar-refractivity contribution in [2.24, 2.45) is 23.5 Å². The van der Waals surface area contributed by atoms with Crippen LogP contribution in [-0.4, -0.2) is 90.7 Å². The van der Waals surface area contributed by atoms with E-state index in [0.717, 1.165) is 29.8 Å². The van der Waals surface area contributed by atoms with E-state index in [9.17, 15) is 14.4 Å². The lowest BCUT2D eigenvalue weighted by Gasteiger charge is -2.40. The molecule has 0 bridgehead atoms. The van der Waals surface area contributed by atoms with Crippen molar-refractivity contribution < 1.29 is 23.9 Å². The van der Waals surface area contributed by atoms with Crippen molar-refractivity contribution in [2.45, 2.75) is 103 Å². The van der Waals surface area contributed by atoms with Crippen molar-refractivity contribution in [1.82, 2.24) is 20.1 Å². The number of nitrogens with zero attached hydrogens (tertiary/aromatic N) is 3. The number of nitrogens with two attached hydrogens (primary N) is 1. The summed E-state index contributed by atoms with van der Waals surface area (Å²) in [5.41, 5.74) is 7.35. The summed E-state index contributed by atoms with van der Waals surface area (Å²) in [6.07, 6.45) is 3.81. The molecule has 1 saturated heterocycles. The molecule has 46 heavy (non-hydrogen) atoms. The molecule has 8 atom stereocenters. The van der Waals surface area contributed by atoms with Gasteiger partial charge >= 0.3 is 0 Å². The minimum absolute atomic E-state index is 0.0131. The van der Waals surface area contributed by atoms with Crippen LogP contribution in [0.2, 0.25) is 0 Å². The van der Waals surface area contributed by atoms with E-state index in [-0.39, 0.29) is 54.1 Å². The second-order valence-electron chi connectivity index (χ2n) is 13.0. The zero-order valence-electron chi connectivity index (χ0n) is 28.8. The van der Waals surface area contributed by atoms with Crippen LogP contribution in [0.4, 0.5) is 0 Å². The van der Waals surface area contributed by atoms with Crippen LogP contribution in [0.1, 0.15) is 76.9 Å². The zero-order chi connectivity index (χ0) is 34.0. The van der Waals surface area contributed by atoms with Crippen molar-refractivity contribution in [3.63, 3.8) is 0 Å². The molecule has 3 rings (SSSR count). The average Bonchev–Trinajstić information content (AvgIpc) is 3.77. The summed E-state index contributed by atoms with van der Waals surface area (Å²) in [5.74, 6) is -0.824. The minimum Gasteiger partial charge on any atom is -0.379 e. The maximum atomic E-state index is 14.0. The first-order valence-corrected chi connectivity index (χ1v) is 17.4. The van der Waals surface area contributed by atoms with Crippen molar-refractivity contribution >= 4 is 29.1 Å². The van der Waals surface area contributed by atoms with Crippen LogP contribution in [0.5, 0.6) is 0 Å². The standard InChI is InChI=1S/C35H55N5O5S/c1-9-23(4)31(39(6)35(43)30(36)22(2)3)28(44-7)21-29(41)40-18-13-16-27(40)32(45-8)24(5)33(42)38-26(34-37-17-19-46-34)20-25-14-11-10-12-15-25/h10-12,14-15,17,19,22-24,26-28,30-32H,9,13,16,18,20-21,36H2,1-8H3,(H,38,42)/t23-,24?,26?,27-,28+,30-,31?,32?/m0/s1.